The quantitative estimate of drug-likeness (QED) is 0.722. The van der Waals surface area contributed by atoms with Gasteiger partial charge in [0.1, 0.15) is 17.5 Å². The molecule has 33 heavy (non-hydrogen) atoms. The van der Waals surface area contributed by atoms with Crippen LogP contribution in [0.15, 0.2) is 36.5 Å². The van der Waals surface area contributed by atoms with Crippen LogP contribution in [0.25, 0.3) is 0 Å². The molecule has 2 amide bonds. The number of hydrogen-bond acceptors (Lipinski definition) is 4. The molecule has 2 aromatic rings. The van der Waals surface area contributed by atoms with Crippen molar-refractivity contribution in [2.45, 2.75) is 24.8 Å². The van der Waals surface area contributed by atoms with Gasteiger partial charge < -0.3 is 19.8 Å². The van der Waals surface area contributed by atoms with E-state index in [-0.39, 0.29) is 29.3 Å². The van der Waals surface area contributed by atoms with Gasteiger partial charge in [0.2, 0.25) is 5.91 Å². The van der Waals surface area contributed by atoms with Crippen molar-refractivity contribution in [2.24, 2.45) is 5.92 Å². The summed E-state index contributed by atoms with van der Waals surface area (Å²) in [5, 5.41) is 9.50. The average Bonchev–Trinajstić information content (AvgIpc) is 3.26. The summed E-state index contributed by atoms with van der Waals surface area (Å²) in [6.45, 7) is 1.85. The molecular formula is C23H25ClF2N4O3. The van der Waals surface area contributed by atoms with E-state index in [9.17, 15) is 23.5 Å². The number of carbonyl (C=O) groups excluding carboxylic acids is 1. The second-order valence-electron chi connectivity index (χ2n) is 8.58. The van der Waals surface area contributed by atoms with Gasteiger partial charge in [-0.1, -0.05) is 17.7 Å². The largest absolute Gasteiger partial charge is 0.465 e. The molecule has 2 saturated heterocycles. The Bertz CT molecular complexity index is 1030. The maximum atomic E-state index is 13.7. The Morgan fingerprint density at radius 1 is 1.15 bits per heavy atom. The summed E-state index contributed by atoms with van der Waals surface area (Å²) >= 11 is 5.96. The Kier molecular flexibility index (Phi) is 6.69. The van der Waals surface area contributed by atoms with Crippen molar-refractivity contribution in [3.05, 3.63) is 58.7 Å². The van der Waals surface area contributed by atoms with E-state index in [0.717, 1.165) is 0 Å². The van der Waals surface area contributed by atoms with E-state index in [1.165, 1.54) is 36.3 Å². The van der Waals surface area contributed by atoms with E-state index >= 15 is 0 Å². The Balaban J connectivity index is 1.46. The fourth-order valence-electron chi connectivity index (χ4n) is 4.74. The number of piperidine rings is 1. The molecule has 10 heteroatoms. The number of rotatable bonds is 4. The number of anilines is 1. The van der Waals surface area contributed by atoms with Crippen molar-refractivity contribution in [1.82, 2.24) is 14.8 Å². The van der Waals surface area contributed by atoms with Gasteiger partial charge in [-0.05, 0) is 42.7 Å². The summed E-state index contributed by atoms with van der Waals surface area (Å²) in [7, 11) is 1.48. The third-order valence-corrected chi connectivity index (χ3v) is 6.94. The molecule has 4 rings (SSSR count). The van der Waals surface area contributed by atoms with E-state index in [2.05, 4.69) is 4.98 Å². The standard InChI is InChI=1S/C23H25ClF2N4O3/c1-28(23(32)33)20-13-30(12-17(20)15-2-4-19(26)18(24)10-15)22(31)14-6-8-29(9-7-14)21-5-3-16(25)11-27-21/h2-5,10-11,14,17,20H,6-9,12-13H2,1H3,(H,32,33)/t17-,20+/m0/s1. The molecule has 1 N–H and O–H groups in total. The maximum Gasteiger partial charge on any atom is 0.407 e. The number of aromatic nitrogens is 1. The number of nitrogens with zero attached hydrogens (tertiary/aromatic N) is 4. The van der Waals surface area contributed by atoms with Gasteiger partial charge in [0.15, 0.2) is 0 Å². The number of amides is 2. The number of likely N-dealkylation sites (tertiary alicyclic amines) is 1. The molecule has 2 atom stereocenters. The minimum Gasteiger partial charge on any atom is -0.465 e. The molecule has 1 aromatic heterocycles. The molecule has 3 heterocycles. The highest BCUT2D eigenvalue weighted by atomic mass is 35.5. The molecule has 2 aliphatic rings. The molecular weight excluding hydrogens is 454 g/mol. The summed E-state index contributed by atoms with van der Waals surface area (Å²) in [6.07, 6.45) is 1.34. The lowest BCUT2D eigenvalue weighted by Crippen LogP contribution is -2.44. The minimum atomic E-state index is -1.09. The zero-order valence-electron chi connectivity index (χ0n) is 18.1. The summed E-state index contributed by atoms with van der Waals surface area (Å²) in [5.41, 5.74) is 0.701. The van der Waals surface area contributed by atoms with Gasteiger partial charge in [0, 0.05) is 45.1 Å². The molecule has 0 aliphatic carbocycles. The topological polar surface area (TPSA) is 77.0 Å². The molecule has 2 aliphatic heterocycles. The molecule has 0 radical (unpaired) electrons. The van der Waals surface area contributed by atoms with Gasteiger partial charge in [-0.15, -0.1) is 0 Å². The van der Waals surface area contributed by atoms with E-state index in [1.807, 2.05) is 4.90 Å². The SMILES string of the molecule is CN(C(=O)O)[C@@H]1CN(C(=O)C2CCN(c3ccc(F)cn3)CC2)C[C@H]1c1ccc(F)c(Cl)c1. The first-order valence-electron chi connectivity index (χ1n) is 10.8. The Morgan fingerprint density at radius 3 is 2.48 bits per heavy atom. The average molecular weight is 479 g/mol. The highest BCUT2D eigenvalue weighted by Crippen LogP contribution is 2.34. The van der Waals surface area contributed by atoms with Gasteiger partial charge in [0.25, 0.3) is 0 Å². The van der Waals surface area contributed by atoms with Crippen LogP contribution in [-0.4, -0.2) is 71.2 Å². The van der Waals surface area contributed by atoms with E-state index in [1.54, 1.807) is 17.0 Å². The molecule has 1 aromatic carbocycles. The van der Waals surface area contributed by atoms with E-state index in [4.69, 9.17) is 11.6 Å². The predicted molar refractivity (Wildman–Crippen MR) is 119 cm³/mol. The van der Waals surface area contributed by atoms with Crippen LogP contribution in [0.4, 0.5) is 19.4 Å². The monoisotopic (exact) mass is 478 g/mol. The molecule has 0 saturated carbocycles. The fourth-order valence-corrected chi connectivity index (χ4v) is 4.93. The van der Waals surface area contributed by atoms with Crippen molar-refractivity contribution in [1.29, 1.82) is 0 Å². The number of hydrogen-bond donors (Lipinski definition) is 1. The van der Waals surface area contributed by atoms with E-state index < -0.39 is 23.8 Å². The van der Waals surface area contributed by atoms with Gasteiger partial charge in [-0.3, -0.25) is 4.79 Å². The first-order chi connectivity index (χ1) is 15.7. The van der Waals surface area contributed by atoms with Crippen LogP contribution in [-0.2, 0) is 4.79 Å². The molecule has 176 valence electrons. The highest BCUT2D eigenvalue weighted by molar-refractivity contribution is 6.30. The predicted octanol–water partition coefficient (Wildman–Crippen LogP) is 3.83. The summed E-state index contributed by atoms with van der Waals surface area (Å²) in [4.78, 5) is 34.0. The summed E-state index contributed by atoms with van der Waals surface area (Å²) in [6, 6.07) is 6.90. The normalized spacial score (nSPS) is 21.3. The molecule has 0 bridgehead atoms. The minimum absolute atomic E-state index is 0.0128. The highest BCUT2D eigenvalue weighted by Gasteiger charge is 2.42. The zero-order valence-corrected chi connectivity index (χ0v) is 18.9. The van der Waals surface area contributed by atoms with Crippen LogP contribution in [0, 0.1) is 17.6 Å². The fraction of sp³-hybridized carbons (Fsp3) is 0.435. The van der Waals surface area contributed by atoms with Crippen molar-refractivity contribution in [2.75, 3.05) is 38.1 Å². The van der Waals surface area contributed by atoms with Gasteiger partial charge in [0.05, 0.1) is 17.3 Å². The lowest BCUT2D eigenvalue weighted by molar-refractivity contribution is -0.135. The molecule has 0 spiro atoms. The van der Waals surface area contributed by atoms with Crippen molar-refractivity contribution in [3.63, 3.8) is 0 Å². The second-order valence-corrected chi connectivity index (χ2v) is 8.99. The zero-order chi connectivity index (χ0) is 23.7. The number of halogens is 3. The number of pyridine rings is 1. The smallest absolute Gasteiger partial charge is 0.407 e. The maximum absolute atomic E-state index is 13.7. The van der Waals surface area contributed by atoms with Gasteiger partial charge in [-0.25, -0.2) is 18.6 Å². The lowest BCUT2D eigenvalue weighted by Gasteiger charge is -2.34. The first kappa shape index (κ1) is 23.2. The molecule has 2 fully saturated rings. The van der Waals surface area contributed by atoms with Crippen LogP contribution in [0.2, 0.25) is 5.02 Å². The number of benzene rings is 1. The van der Waals surface area contributed by atoms with Crippen LogP contribution in [0.3, 0.4) is 0 Å². The van der Waals surface area contributed by atoms with Crippen LogP contribution in [0.1, 0.15) is 24.3 Å². The number of carbonyl (C=O) groups is 2. The third-order valence-electron chi connectivity index (χ3n) is 6.65. The number of likely N-dealkylation sites (N-methyl/N-ethyl adjacent to an activating group) is 1. The van der Waals surface area contributed by atoms with Crippen LogP contribution in [0.5, 0.6) is 0 Å². The summed E-state index contributed by atoms with van der Waals surface area (Å²) in [5.74, 6) is -0.765. The van der Waals surface area contributed by atoms with Crippen molar-refractivity contribution in [3.8, 4) is 0 Å². The van der Waals surface area contributed by atoms with E-state index in [0.29, 0.717) is 43.9 Å². The second kappa shape index (κ2) is 9.51. The number of carboxylic acid groups (broad SMARTS) is 1. The van der Waals surface area contributed by atoms with Gasteiger partial charge >= 0.3 is 6.09 Å². The Labute approximate surface area is 195 Å². The van der Waals surface area contributed by atoms with Crippen molar-refractivity contribution >= 4 is 29.4 Å². The van der Waals surface area contributed by atoms with Gasteiger partial charge in [-0.2, -0.15) is 0 Å². The Morgan fingerprint density at radius 2 is 1.88 bits per heavy atom. The lowest BCUT2D eigenvalue weighted by atomic mass is 9.93. The molecule has 7 nitrogen and oxygen atoms in total. The summed E-state index contributed by atoms with van der Waals surface area (Å²) < 4.78 is 26.8. The van der Waals surface area contributed by atoms with Crippen LogP contribution < -0.4 is 4.90 Å². The Hall–Kier alpha value is -2.94. The first-order valence-corrected chi connectivity index (χ1v) is 11.2. The third kappa shape index (κ3) is 4.88. The molecule has 0 unspecified atom stereocenters. The van der Waals surface area contributed by atoms with Crippen LogP contribution >= 0.6 is 11.6 Å². The van der Waals surface area contributed by atoms with Crippen molar-refractivity contribution < 1.29 is 23.5 Å².